The Balaban J connectivity index is 5.42. The van der Waals surface area contributed by atoms with Crippen molar-refractivity contribution in [2.45, 2.75) is 34.6 Å². The molecule has 7 N–H and O–H groups in total. The van der Waals surface area contributed by atoms with Gasteiger partial charge in [0.2, 0.25) is 0 Å². The molecule has 16 nitrogen and oxygen atoms in total. The molecule has 0 saturated heterocycles. The Morgan fingerprint density at radius 3 is 0.805 bits per heavy atom. The largest absolute Gasteiger partial charge is 0.481 e. The molecular weight excluding hydrogens is 556 g/mol. The van der Waals surface area contributed by atoms with Crippen molar-refractivity contribution in [3.05, 3.63) is 0 Å². The van der Waals surface area contributed by atoms with Crippen molar-refractivity contribution >= 4 is 29.8 Å². The molecule has 0 heterocycles. The van der Waals surface area contributed by atoms with Crippen molar-refractivity contribution < 1.29 is 78.7 Å². The maximum atomic E-state index is 12.7. The maximum absolute atomic E-state index is 12.7. The summed E-state index contributed by atoms with van der Waals surface area (Å²) in [5.41, 5.74) is -9.12. The first kappa shape index (κ1) is 38.1. The van der Waals surface area contributed by atoms with Gasteiger partial charge < -0.3 is 54.7 Å². The molecule has 2 atom stereocenters. The number of carbonyl (C=O) groups is 5. The minimum absolute atomic E-state index is 0.741. The molecule has 0 aliphatic heterocycles. The predicted octanol–water partition coefficient (Wildman–Crippen LogP) is -2.77. The van der Waals surface area contributed by atoms with Gasteiger partial charge in [0.1, 0.15) is 53.5 Å². The summed E-state index contributed by atoms with van der Waals surface area (Å²) in [5.74, 6) is -6.04. The zero-order valence-electron chi connectivity index (χ0n) is 23.9. The molecule has 0 aromatic heterocycles. The molecule has 238 valence electrons. The number of carboxylic acids is 1. The van der Waals surface area contributed by atoms with Gasteiger partial charge in [-0.05, 0) is 34.6 Å². The van der Waals surface area contributed by atoms with Crippen LogP contribution in [0.15, 0.2) is 0 Å². The molecule has 0 amide bonds. The Morgan fingerprint density at radius 2 is 0.610 bits per heavy atom. The number of ether oxygens (including phenoxy) is 4. The number of esters is 4. The Labute approximate surface area is 236 Å². The van der Waals surface area contributed by atoms with Crippen molar-refractivity contribution in [1.82, 2.24) is 0 Å². The van der Waals surface area contributed by atoms with Gasteiger partial charge in [-0.2, -0.15) is 0 Å². The van der Waals surface area contributed by atoms with E-state index in [-0.39, 0.29) is 0 Å². The fraction of sp³-hybridized carbons (Fsp3) is 0.800. The van der Waals surface area contributed by atoms with Gasteiger partial charge in [0, 0.05) is 0 Å². The average molecular weight is 599 g/mol. The first-order valence-electron chi connectivity index (χ1n) is 12.4. The van der Waals surface area contributed by atoms with Gasteiger partial charge in [-0.1, -0.05) is 0 Å². The van der Waals surface area contributed by atoms with Gasteiger partial charge in [0.15, 0.2) is 0 Å². The summed E-state index contributed by atoms with van der Waals surface area (Å²) in [4.78, 5) is 61.7. The van der Waals surface area contributed by atoms with E-state index in [0.717, 1.165) is 20.8 Å². The Kier molecular flexibility index (Phi) is 14.3. The van der Waals surface area contributed by atoms with E-state index in [2.05, 4.69) is 0 Å². The van der Waals surface area contributed by atoms with Gasteiger partial charge in [-0.15, -0.1) is 0 Å². The fourth-order valence-corrected chi connectivity index (χ4v) is 2.46. The van der Waals surface area contributed by atoms with Crippen molar-refractivity contribution in [2.75, 3.05) is 66.1 Å². The van der Waals surface area contributed by atoms with E-state index in [1.807, 2.05) is 0 Å². The molecular formula is C25H42O16. The lowest BCUT2D eigenvalue weighted by Crippen LogP contribution is -2.46. The number of hydrogen-bond donors (Lipinski definition) is 7. The van der Waals surface area contributed by atoms with Gasteiger partial charge >= 0.3 is 29.8 Å². The first-order chi connectivity index (χ1) is 18.8. The number of aliphatic hydroxyl groups excluding tert-OH is 6. The normalized spacial score (nSPS) is 16.4. The Hall–Kier alpha value is -2.89. The zero-order chi connectivity index (χ0) is 32.3. The van der Waals surface area contributed by atoms with Crippen molar-refractivity contribution in [3.8, 4) is 0 Å². The van der Waals surface area contributed by atoms with Crippen LogP contribution in [-0.2, 0) is 42.9 Å². The van der Waals surface area contributed by atoms with E-state index in [1.54, 1.807) is 0 Å². The molecule has 0 fully saturated rings. The van der Waals surface area contributed by atoms with Crippen LogP contribution in [0.5, 0.6) is 0 Å². The third kappa shape index (κ3) is 9.58. The summed E-state index contributed by atoms with van der Waals surface area (Å²) in [5, 5.41) is 66.3. The van der Waals surface area contributed by atoms with Gasteiger partial charge in [0.05, 0.1) is 39.6 Å². The molecule has 2 unspecified atom stereocenters. The van der Waals surface area contributed by atoms with Gasteiger partial charge in [-0.3, -0.25) is 24.0 Å². The maximum Gasteiger partial charge on any atom is 0.317 e. The smallest absolute Gasteiger partial charge is 0.317 e. The fourth-order valence-electron chi connectivity index (χ4n) is 2.46. The average Bonchev–Trinajstić information content (AvgIpc) is 2.98. The van der Waals surface area contributed by atoms with E-state index >= 15 is 0 Å². The molecule has 0 bridgehead atoms. The minimum Gasteiger partial charge on any atom is -0.481 e. The van der Waals surface area contributed by atoms with Gasteiger partial charge in [0.25, 0.3) is 0 Å². The number of carbonyl (C=O) groups excluding carboxylic acids is 4. The van der Waals surface area contributed by atoms with Crippen LogP contribution < -0.4 is 0 Å². The summed E-state index contributed by atoms with van der Waals surface area (Å²) in [7, 11) is 0. The SMILES string of the molecule is CC(COC(=O)C(C)(CO)COC(=O)C(C)(CO)CO)(COC(=O)C(C)(CO)COC(=O)C(C)(CO)CO)C(=O)O. The monoisotopic (exact) mass is 598 g/mol. The van der Waals surface area contributed by atoms with E-state index in [1.165, 1.54) is 13.8 Å². The van der Waals surface area contributed by atoms with Crippen LogP contribution in [0.25, 0.3) is 0 Å². The van der Waals surface area contributed by atoms with E-state index in [4.69, 9.17) is 18.9 Å². The second-order valence-electron chi connectivity index (χ2n) is 11.4. The second-order valence-corrected chi connectivity index (χ2v) is 11.4. The van der Waals surface area contributed by atoms with Crippen LogP contribution in [0.2, 0.25) is 0 Å². The molecule has 0 radical (unpaired) electrons. The molecule has 41 heavy (non-hydrogen) atoms. The first-order valence-corrected chi connectivity index (χ1v) is 12.4. The van der Waals surface area contributed by atoms with E-state index < -0.39 is 123 Å². The van der Waals surface area contributed by atoms with Crippen LogP contribution in [0.3, 0.4) is 0 Å². The van der Waals surface area contributed by atoms with Crippen LogP contribution in [-0.4, -0.2) is 132 Å². The standard InChI is InChI=1S/C25H42O16/c1-21(6-26,7-27)17(34)38-12-23(3,10-30)19(36)40-14-25(5,16(32)33)15-41-20(37)24(4,11-31)13-39-18(35)22(2,8-28)9-29/h26-31H,6-15H2,1-5H3,(H,32,33). The lowest BCUT2D eigenvalue weighted by atomic mass is 9.90. The highest BCUT2D eigenvalue weighted by Crippen LogP contribution is 2.27. The molecule has 0 spiro atoms. The molecule has 16 heteroatoms. The van der Waals surface area contributed by atoms with Crippen LogP contribution in [0.4, 0.5) is 0 Å². The highest BCUT2D eigenvalue weighted by molar-refractivity contribution is 5.81. The minimum atomic E-state index is -2.04. The van der Waals surface area contributed by atoms with Crippen LogP contribution in [0.1, 0.15) is 34.6 Å². The topological polar surface area (TPSA) is 264 Å². The molecule has 0 aliphatic carbocycles. The summed E-state index contributed by atoms with van der Waals surface area (Å²) in [6.07, 6.45) is 0. The predicted molar refractivity (Wildman–Crippen MR) is 135 cm³/mol. The molecule has 0 saturated carbocycles. The van der Waals surface area contributed by atoms with Crippen molar-refractivity contribution in [1.29, 1.82) is 0 Å². The number of carboxylic acid groups (broad SMARTS) is 1. The zero-order valence-corrected chi connectivity index (χ0v) is 23.9. The van der Waals surface area contributed by atoms with Crippen molar-refractivity contribution in [3.63, 3.8) is 0 Å². The highest BCUT2D eigenvalue weighted by atomic mass is 16.6. The van der Waals surface area contributed by atoms with E-state index in [0.29, 0.717) is 0 Å². The van der Waals surface area contributed by atoms with Crippen molar-refractivity contribution in [2.24, 2.45) is 27.1 Å². The lowest BCUT2D eigenvalue weighted by Gasteiger charge is -2.31. The molecule has 0 aromatic carbocycles. The molecule has 0 rings (SSSR count). The third-order valence-electron chi connectivity index (χ3n) is 6.67. The van der Waals surface area contributed by atoms with Crippen LogP contribution in [0, 0.1) is 27.1 Å². The quantitative estimate of drug-likeness (QED) is 0.0586. The number of rotatable bonds is 19. The summed E-state index contributed by atoms with van der Waals surface area (Å²) in [6.45, 7) is -2.29. The summed E-state index contributed by atoms with van der Waals surface area (Å²) < 4.78 is 20.0. The highest BCUT2D eigenvalue weighted by Gasteiger charge is 2.45. The lowest BCUT2D eigenvalue weighted by molar-refractivity contribution is -0.180. The number of aliphatic carboxylic acids is 1. The van der Waals surface area contributed by atoms with Gasteiger partial charge in [-0.25, -0.2) is 0 Å². The summed E-state index contributed by atoms with van der Waals surface area (Å²) >= 11 is 0. The van der Waals surface area contributed by atoms with E-state index in [9.17, 15) is 59.7 Å². The molecule has 0 aliphatic rings. The summed E-state index contributed by atoms with van der Waals surface area (Å²) in [6, 6.07) is 0. The third-order valence-corrected chi connectivity index (χ3v) is 6.67. The Bertz CT molecular complexity index is 861. The van der Waals surface area contributed by atoms with Crippen LogP contribution >= 0.6 is 0 Å². The Morgan fingerprint density at radius 1 is 0.415 bits per heavy atom. The second kappa shape index (κ2) is 15.4. The molecule has 0 aromatic rings. The number of aliphatic hydroxyl groups is 6. The number of hydrogen-bond acceptors (Lipinski definition) is 15.